The van der Waals surface area contributed by atoms with Crippen LogP contribution < -0.4 is 4.72 Å². The van der Waals surface area contributed by atoms with Crippen molar-refractivity contribution in [3.05, 3.63) is 95.6 Å². The number of hydrazone groups is 1. The molecule has 9 heteroatoms. The summed E-state index contributed by atoms with van der Waals surface area (Å²) in [4.78, 5) is 0.184. The number of nitrogens with one attached hydrogen (secondary N) is 1. The van der Waals surface area contributed by atoms with Crippen LogP contribution in [0.15, 0.2) is 88.9 Å². The van der Waals surface area contributed by atoms with E-state index in [2.05, 4.69) is 9.82 Å². The van der Waals surface area contributed by atoms with Crippen molar-refractivity contribution in [3.63, 3.8) is 0 Å². The molecule has 7 nitrogen and oxygen atoms in total. The second-order valence-electron chi connectivity index (χ2n) is 7.85. The molecule has 3 aromatic carbocycles. The number of anilines is 1. The van der Waals surface area contributed by atoms with Gasteiger partial charge in [-0.2, -0.15) is 17.9 Å². The molecule has 0 aliphatic carbocycles. The molecule has 1 atom stereocenters. The molecule has 0 spiro atoms. The first kappa shape index (κ1) is 23.0. The monoisotopic (exact) mass is 483 g/mol. The van der Waals surface area contributed by atoms with Crippen LogP contribution in [-0.2, 0) is 20.0 Å². The minimum Gasteiger partial charge on any atom is -0.284 e. The highest BCUT2D eigenvalue weighted by Gasteiger charge is 2.37. The molecule has 0 amide bonds. The van der Waals surface area contributed by atoms with Crippen LogP contribution in [0, 0.1) is 6.92 Å². The second kappa shape index (κ2) is 8.99. The van der Waals surface area contributed by atoms with E-state index in [-0.39, 0.29) is 10.6 Å². The Morgan fingerprint density at radius 1 is 0.909 bits per heavy atom. The Balaban J connectivity index is 1.70. The largest absolute Gasteiger partial charge is 0.284 e. The fourth-order valence-electron chi connectivity index (χ4n) is 3.61. The van der Waals surface area contributed by atoms with Gasteiger partial charge in [-0.25, -0.2) is 8.42 Å². The van der Waals surface area contributed by atoms with E-state index in [0.717, 1.165) is 16.7 Å². The summed E-state index contributed by atoms with van der Waals surface area (Å²) in [5, 5.41) is 4.53. The van der Waals surface area contributed by atoms with E-state index < -0.39 is 26.1 Å². The molecule has 0 fully saturated rings. The lowest BCUT2D eigenvalue weighted by molar-refractivity contribution is 0.371. The van der Waals surface area contributed by atoms with Gasteiger partial charge in [0.15, 0.2) is 0 Å². The number of aryl methyl sites for hydroxylation is 1. The van der Waals surface area contributed by atoms with Crippen molar-refractivity contribution in [1.82, 2.24) is 4.41 Å². The third kappa shape index (κ3) is 4.94. The Morgan fingerprint density at radius 2 is 1.55 bits per heavy atom. The lowest BCUT2D eigenvalue weighted by atomic mass is 9.99. The number of rotatable bonds is 7. The SMILES string of the molecule is CCS(=O)(=O)Nc1ccc(C2=NN(S(=O)(=O)c3ccc(C)cc3)C(c3ccccc3)C2)cc1. The minimum absolute atomic E-state index is 0.0218. The van der Waals surface area contributed by atoms with Gasteiger partial charge in [-0.1, -0.05) is 60.2 Å². The van der Waals surface area contributed by atoms with E-state index in [0.29, 0.717) is 17.8 Å². The lowest BCUT2D eigenvalue weighted by Crippen LogP contribution is -2.27. The van der Waals surface area contributed by atoms with E-state index in [1.54, 1.807) is 55.5 Å². The average molecular weight is 484 g/mol. The Labute approximate surface area is 194 Å². The van der Waals surface area contributed by atoms with Gasteiger partial charge in [-0.3, -0.25) is 4.72 Å². The molecule has 4 rings (SSSR count). The molecule has 1 unspecified atom stereocenters. The average Bonchev–Trinajstić information content (AvgIpc) is 3.27. The van der Waals surface area contributed by atoms with Crippen LogP contribution in [0.25, 0.3) is 0 Å². The Morgan fingerprint density at radius 3 is 2.15 bits per heavy atom. The summed E-state index contributed by atoms with van der Waals surface area (Å²) < 4.78 is 54.3. The molecular formula is C24H25N3O4S2. The molecule has 1 aliphatic rings. The van der Waals surface area contributed by atoms with Gasteiger partial charge in [-0.15, -0.1) is 0 Å². The first-order valence-corrected chi connectivity index (χ1v) is 13.6. The van der Waals surface area contributed by atoms with Crippen molar-refractivity contribution < 1.29 is 16.8 Å². The molecule has 0 saturated carbocycles. The predicted molar refractivity (Wildman–Crippen MR) is 130 cm³/mol. The standard InChI is InChI=1S/C24H25N3O4S2/c1-3-32(28,29)26-21-13-11-19(12-14-21)23-17-24(20-7-5-4-6-8-20)27(25-23)33(30,31)22-15-9-18(2)10-16-22/h4-16,24,26H,3,17H2,1-2H3. The van der Waals surface area contributed by atoms with Crippen LogP contribution in [0.5, 0.6) is 0 Å². The third-order valence-corrected chi connectivity index (χ3v) is 8.50. The number of hydrogen-bond acceptors (Lipinski definition) is 5. The number of sulfonamides is 2. The fraction of sp³-hybridized carbons (Fsp3) is 0.208. The maximum Gasteiger partial charge on any atom is 0.279 e. The molecular weight excluding hydrogens is 458 g/mol. The Bertz CT molecular complexity index is 1370. The summed E-state index contributed by atoms with van der Waals surface area (Å²) in [5.74, 6) is -0.0218. The van der Waals surface area contributed by atoms with Gasteiger partial charge in [0.25, 0.3) is 10.0 Å². The van der Waals surface area contributed by atoms with E-state index >= 15 is 0 Å². The summed E-state index contributed by atoms with van der Waals surface area (Å²) in [6.07, 6.45) is 0.398. The second-order valence-corrected chi connectivity index (χ2v) is 11.7. The Kier molecular flexibility index (Phi) is 6.27. The molecule has 1 heterocycles. The van der Waals surface area contributed by atoms with Gasteiger partial charge in [0.2, 0.25) is 10.0 Å². The van der Waals surface area contributed by atoms with E-state index in [1.165, 1.54) is 4.41 Å². The van der Waals surface area contributed by atoms with Crippen LogP contribution in [0.2, 0.25) is 0 Å². The summed E-state index contributed by atoms with van der Waals surface area (Å²) in [5.41, 5.74) is 3.61. The van der Waals surface area contributed by atoms with Gasteiger partial charge < -0.3 is 0 Å². The lowest BCUT2D eigenvalue weighted by Gasteiger charge is -2.23. The fourth-order valence-corrected chi connectivity index (χ4v) is 5.68. The first-order valence-electron chi connectivity index (χ1n) is 10.5. The molecule has 1 aliphatic heterocycles. The quantitative estimate of drug-likeness (QED) is 0.542. The minimum atomic E-state index is -3.88. The normalized spacial score (nSPS) is 16.5. The summed E-state index contributed by atoms with van der Waals surface area (Å²) in [6.45, 7) is 3.47. The van der Waals surface area contributed by atoms with Crippen molar-refractivity contribution in [3.8, 4) is 0 Å². The van der Waals surface area contributed by atoms with Crippen molar-refractivity contribution in [2.24, 2.45) is 5.10 Å². The molecule has 0 saturated heterocycles. The highest BCUT2D eigenvalue weighted by molar-refractivity contribution is 7.92. The highest BCUT2D eigenvalue weighted by atomic mass is 32.2. The van der Waals surface area contributed by atoms with Crippen molar-refractivity contribution >= 4 is 31.4 Å². The van der Waals surface area contributed by atoms with E-state index in [4.69, 9.17) is 0 Å². The number of nitrogens with zero attached hydrogens (tertiary/aromatic N) is 2. The number of hydrogen-bond donors (Lipinski definition) is 1. The van der Waals surface area contributed by atoms with Gasteiger partial charge >= 0.3 is 0 Å². The summed E-state index contributed by atoms with van der Waals surface area (Å²) in [6, 6.07) is 22.4. The van der Waals surface area contributed by atoms with Gasteiger partial charge in [0, 0.05) is 12.1 Å². The summed E-state index contributed by atoms with van der Waals surface area (Å²) >= 11 is 0. The number of benzene rings is 3. The smallest absolute Gasteiger partial charge is 0.279 e. The van der Waals surface area contributed by atoms with E-state index in [1.807, 2.05) is 37.3 Å². The third-order valence-electron chi connectivity index (χ3n) is 5.49. The zero-order valence-electron chi connectivity index (χ0n) is 18.3. The molecule has 33 heavy (non-hydrogen) atoms. The van der Waals surface area contributed by atoms with Crippen LogP contribution >= 0.6 is 0 Å². The molecule has 0 bridgehead atoms. The van der Waals surface area contributed by atoms with Gasteiger partial charge in [0.1, 0.15) is 0 Å². The van der Waals surface area contributed by atoms with Crippen molar-refractivity contribution in [2.45, 2.75) is 31.2 Å². The van der Waals surface area contributed by atoms with Gasteiger partial charge in [0.05, 0.1) is 22.4 Å². The van der Waals surface area contributed by atoms with Crippen LogP contribution in [-0.4, -0.2) is 32.7 Å². The van der Waals surface area contributed by atoms with Crippen LogP contribution in [0.4, 0.5) is 5.69 Å². The molecule has 3 aromatic rings. The van der Waals surface area contributed by atoms with Gasteiger partial charge in [-0.05, 0) is 49.2 Å². The maximum atomic E-state index is 13.5. The predicted octanol–water partition coefficient (Wildman–Crippen LogP) is 4.30. The maximum absolute atomic E-state index is 13.5. The molecule has 172 valence electrons. The molecule has 1 N–H and O–H groups in total. The molecule has 0 radical (unpaired) electrons. The zero-order valence-corrected chi connectivity index (χ0v) is 20.0. The van der Waals surface area contributed by atoms with Crippen LogP contribution in [0.1, 0.15) is 36.1 Å². The highest BCUT2D eigenvalue weighted by Crippen LogP contribution is 2.37. The molecule has 0 aromatic heterocycles. The summed E-state index contributed by atoms with van der Waals surface area (Å²) in [7, 11) is -7.25. The Hall–Kier alpha value is -3.17. The van der Waals surface area contributed by atoms with Crippen molar-refractivity contribution in [1.29, 1.82) is 0 Å². The first-order chi connectivity index (χ1) is 15.7. The topological polar surface area (TPSA) is 95.9 Å². The van der Waals surface area contributed by atoms with Crippen LogP contribution in [0.3, 0.4) is 0 Å². The zero-order chi connectivity index (χ0) is 23.6. The van der Waals surface area contributed by atoms with Crippen molar-refractivity contribution in [2.75, 3.05) is 10.5 Å². The van der Waals surface area contributed by atoms with E-state index in [9.17, 15) is 16.8 Å².